The molecule has 0 spiro atoms. The molecule has 0 N–H and O–H groups in total. The molecule has 3 rings (SSSR count). The molecule has 1 aromatic carbocycles. The molecule has 1 fully saturated rings. The molecule has 1 saturated heterocycles. The quantitative estimate of drug-likeness (QED) is 0.611. The molecule has 104 valence electrons. The lowest BCUT2D eigenvalue weighted by Gasteiger charge is -2.15. The highest BCUT2D eigenvalue weighted by molar-refractivity contribution is 8.27. The van der Waals surface area contributed by atoms with Crippen molar-refractivity contribution in [1.29, 1.82) is 0 Å². The molecule has 1 aliphatic heterocycles. The fourth-order valence-electron chi connectivity index (χ4n) is 1.92. The lowest BCUT2D eigenvalue weighted by Crippen LogP contribution is -2.27. The van der Waals surface area contributed by atoms with Crippen molar-refractivity contribution < 1.29 is 4.79 Å². The van der Waals surface area contributed by atoms with Gasteiger partial charge >= 0.3 is 0 Å². The van der Waals surface area contributed by atoms with E-state index in [1.165, 1.54) is 16.7 Å². The molecule has 21 heavy (non-hydrogen) atoms. The summed E-state index contributed by atoms with van der Waals surface area (Å²) in [6, 6.07) is 10.8. The number of rotatable bonds is 2. The third-order valence-corrected chi connectivity index (χ3v) is 4.51. The Labute approximate surface area is 136 Å². The van der Waals surface area contributed by atoms with Crippen LogP contribution in [-0.2, 0) is 4.79 Å². The van der Waals surface area contributed by atoms with Gasteiger partial charge in [0.05, 0.1) is 15.6 Å². The summed E-state index contributed by atoms with van der Waals surface area (Å²) in [5.41, 5.74) is 1.52. The highest BCUT2D eigenvalue weighted by Gasteiger charge is 2.34. The Bertz CT molecular complexity index is 746. The number of pyridine rings is 1. The number of nitrogens with zero attached hydrogens (tertiary/aromatic N) is 2. The van der Waals surface area contributed by atoms with E-state index in [0.717, 1.165) is 5.56 Å². The van der Waals surface area contributed by atoms with Gasteiger partial charge in [0.15, 0.2) is 4.32 Å². The second-order valence-electron chi connectivity index (χ2n) is 4.25. The minimum Gasteiger partial charge on any atom is -0.268 e. The summed E-state index contributed by atoms with van der Waals surface area (Å²) >= 11 is 12.7. The zero-order valence-corrected chi connectivity index (χ0v) is 13.1. The molecule has 6 heteroatoms. The van der Waals surface area contributed by atoms with Crippen LogP contribution >= 0.6 is 35.6 Å². The number of hydrogen-bond donors (Lipinski definition) is 0. The Morgan fingerprint density at radius 1 is 1.19 bits per heavy atom. The number of thioether (sulfide) groups is 1. The monoisotopic (exact) mass is 332 g/mol. The molecule has 1 aromatic heterocycles. The van der Waals surface area contributed by atoms with Gasteiger partial charge in [-0.2, -0.15) is 0 Å². The SMILES string of the molecule is O=C1/C(=C/c2ccncc2)SC(=S)N1c1ccccc1Cl. The van der Waals surface area contributed by atoms with E-state index in [9.17, 15) is 4.79 Å². The highest BCUT2D eigenvalue weighted by Crippen LogP contribution is 2.38. The van der Waals surface area contributed by atoms with E-state index in [2.05, 4.69) is 4.98 Å². The average Bonchev–Trinajstić information content (AvgIpc) is 2.76. The Hall–Kier alpha value is -1.69. The zero-order valence-electron chi connectivity index (χ0n) is 10.7. The lowest BCUT2D eigenvalue weighted by molar-refractivity contribution is -0.113. The summed E-state index contributed by atoms with van der Waals surface area (Å²) in [7, 11) is 0. The summed E-state index contributed by atoms with van der Waals surface area (Å²) < 4.78 is 0.480. The van der Waals surface area contributed by atoms with Crippen LogP contribution in [0.4, 0.5) is 5.69 Å². The molecular weight excluding hydrogens is 324 g/mol. The summed E-state index contributed by atoms with van der Waals surface area (Å²) in [5.74, 6) is -0.157. The lowest BCUT2D eigenvalue weighted by atomic mass is 10.2. The number of hydrogen-bond acceptors (Lipinski definition) is 4. The molecule has 1 amide bonds. The molecule has 2 aromatic rings. The van der Waals surface area contributed by atoms with E-state index >= 15 is 0 Å². The summed E-state index contributed by atoms with van der Waals surface area (Å²) in [6.07, 6.45) is 5.17. The Morgan fingerprint density at radius 2 is 1.90 bits per heavy atom. The van der Waals surface area contributed by atoms with Crippen molar-refractivity contribution in [3.63, 3.8) is 0 Å². The van der Waals surface area contributed by atoms with Gasteiger partial charge in [-0.05, 0) is 35.9 Å². The fraction of sp³-hybridized carbons (Fsp3) is 0. The van der Waals surface area contributed by atoms with Crippen molar-refractivity contribution in [2.45, 2.75) is 0 Å². The molecule has 2 heterocycles. The molecule has 0 unspecified atom stereocenters. The molecule has 1 aliphatic rings. The Morgan fingerprint density at radius 3 is 2.62 bits per heavy atom. The first kappa shape index (κ1) is 14.3. The van der Waals surface area contributed by atoms with E-state index in [-0.39, 0.29) is 5.91 Å². The standard InChI is InChI=1S/C15H9ClN2OS2/c16-11-3-1-2-4-12(11)18-14(19)13(21-15(18)20)9-10-5-7-17-8-6-10/h1-9H/b13-9-. The van der Waals surface area contributed by atoms with E-state index in [1.807, 2.05) is 24.3 Å². The first-order valence-electron chi connectivity index (χ1n) is 6.09. The van der Waals surface area contributed by atoms with Gasteiger partial charge in [-0.1, -0.05) is 47.7 Å². The minimum absolute atomic E-state index is 0.157. The molecule has 3 nitrogen and oxygen atoms in total. The van der Waals surface area contributed by atoms with Gasteiger partial charge < -0.3 is 0 Å². The number of amides is 1. The third-order valence-electron chi connectivity index (χ3n) is 2.89. The predicted molar refractivity (Wildman–Crippen MR) is 91.3 cm³/mol. The van der Waals surface area contributed by atoms with Crippen molar-refractivity contribution in [2.24, 2.45) is 0 Å². The predicted octanol–water partition coefficient (Wildman–Crippen LogP) is 4.14. The molecule has 0 radical (unpaired) electrons. The third kappa shape index (κ3) is 2.85. The number of carbonyl (C=O) groups is 1. The van der Waals surface area contributed by atoms with E-state index in [1.54, 1.807) is 30.6 Å². The zero-order chi connectivity index (χ0) is 14.8. The number of thiocarbonyl (C=S) groups is 1. The van der Waals surface area contributed by atoms with Crippen LogP contribution in [0.3, 0.4) is 0 Å². The summed E-state index contributed by atoms with van der Waals surface area (Å²) in [6.45, 7) is 0. The van der Waals surface area contributed by atoms with E-state index in [0.29, 0.717) is 19.9 Å². The average molecular weight is 333 g/mol. The van der Waals surface area contributed by atoms with Crippen LogP contribution < -0.4 is 4.90 Å². The maximum atomic E-state index is 12.5. The van der Waals surface area contributed by atoms with Gasteiger partial charge in [0.2, 0.25) is 0 Å². The van der Waals surface area contributed by atoms with Gasteiger partial charge in [0, 0.05) is 12.4 Å². The van der Waals surface area contributed by atoms with Crippen LogP contribution in [0.5, 0.6) is 0 Å². The van der Waals surface area contributed by atoms with Crippen LogP contribution in [0.25, 0.3) is 6.08 Å². The number of carbonyl (C=O) groups excluding carboxylic acids is 1. The topological polar surface area (TPSA) is 33.2 Å². The van der Waals surface area contributed by atoms with Crippen LogP contribution in [0.1, 0.15) is 5.56 Å². The largest absolute Gasteiger partial charge is 0.270 e. The second kappa shape index (κ2) is 5.97. The number of aromatic nitrogens is 1. The van der Waals surface area contributed by atoms with Crippen molar-refractivity contribution in [3.05, 3.63) is 64.3 Å². The highest BCUT2D eigenvalue weighted by atomic mass is 35.5. The molecule has 0 bridgehead atoms. The van der Waals surface area contributed by atoms with Gasteiger partial charge in [0.25, 0.3) is 5.91 Å². The first-order chi connectivity index (χ1) is 10.2. The normalized spacial score (nSPS) is 16.8. The van der Waals surface area contributed by atoms with Crippen molar-refractivity contribution in [2.75, 3.05) is 4.90 Å². The number of anilines is 1. The molecule has 0 saturated carbocycles. The van der Waals surface area contributed by atoms with Gasteiger partial charge in [-0.25, -0.2) is 0 Å². The van der Waals surface area contributed by atoms with Crippen LogP contribution in [0, 0.1) is 0 Å². The van der Waals surface area contributed by atoms with Crippen molar-refractivity contribution in [3.8, 4) is 0 Å². The fourth-order valence-corrected chi connectivity index (χ4v) is 3.42. The number of benzene rings is 1. The molecular formula is C15H9ClN2OS2. The summed E-state index contributed by atoms with van der Waals surface area (Å²) in [5, 5.41) is 0.499. The summed E-state index contributed by atoms with van der Waals surface area (Å²) in [4.78, 5) is 18.5. The van der Waals surface area contributed by atoms with Gasteiger partial charge in [-0.3, -0.25) is 14.7 Å². The van der Waals surface area contributed by atoms with E-state index < -0.39 is 0 Å². The van der Waals surface area contributed by atoms with Crippen LogP contribution in [-0.4, -0.2) is 15.2 Å². The molecule has 0 aliphatic carbocycles. The Balaban J connectivity index is 1.97. The number of para-hydroxylation sites is 1. The minimum atomic E-state index is -0.157. The van der Waals surface area contributed by atoms with Gasteiger partial charge in [0.1, 0.15) is 0 Å². The Kier molecular flexibility index (Phi) is 4.05. The second-order valence-corrected chi connectivity index (χ2v) is 6.33. The number of halogens is 1. The van der Waals surface area contributed by atoms with Crippen LogP contribution in [0.15, 0.2) is 53.7 Å². The maximum Gasteiger partial charge on any atom is 0.270 e. The molecule has 0 atom stereocenters. The van der Waals surface area contributed by atoms with Gasteiger partial charge in [-0.15, -0.1) is 0 Å². The first-order valence-corrected chi connectivity index (χ1v) is 7.69. The van der Waals surface area contributed by atoms with Crippen molar-refractivity contribution >= 4 is 57.6 Å². The van der Waals surface area contributed by atoms with Crippen molar-refractivity contribution in [1.82, 2.24) is 4.98 Å². The van der Waals surface area contributed by atoms with E-state index in [4.69, 9.17) is 23.8 Å². The smallest absolute Gasteiger partial charge is 0.268 e. The maximum absolute atomic E-state index is 12.5. The van der Waals surface area contributed by atoms with Crippen LogP contribution in [0.2, 0.25) is 5.02 Å².